The Bertz CT molecular complexity index is 2490. The number of carbonyl (C=O) groups excluding carboxylic acids is 5. The molecule has 1 aliphatic carbocycles. The minimum absolute atomic E-state index is 0.0385. The lowest BCUT2D eigenvalue weighted by molar-refractivity contribution is -0.136. The van der Waals surface area contributed by atoms with E-state index in [0.717, 1.165) is 99.5 Å². The van der Waals surface area contributed by atoms with Gasteiger partial charge in [-0.15, -0.1) is 5.10 Å². The topological polar surface area (TPSA) is 224 Å². The molecule has 0 radical (unpaired) electrons. The maximum Gasteiger partial charge on any atom is 0.264 e. The molecular formula is C45H53N13O6. The minimum atomic E-state index is -0.998. The first kappa shape index (κ1) is 42.5. The number of carbonyl (C=O) groups is 5. The molecule has 3 aromatic heterocycles. The standard InChI is InChI=1S/C45H53N13O6/c1-27-33-24-48-45(51-40(33)57(30-9-4-5-10-30)43(63)38(27)28(2)59)49-36-15-13-31(23-47-36)55-21-19-54(20-22-55)25-29-26-56(53-52-29)18-7-3-6-17-46-34-12-8-11-32-39(34)44(64)58(42(32)62)35-14-16-37(60)50-41(35)61/h8,11-13,15,23-24,26-27,30,35,46,59H,3-7,9-10,14,16-22,25H2,1-2H3,(H,50,60,61)(H,47,48,49,51). The number of nitrogens with one attached hydrogen (secondary N) is 3. The van der Waals surface area contributed by atoms with Crippen LogP contribution in [0.25, 0.3) is 0 Å². The third-order valence-electron chi connectivity index (χ3n) is 13.0. The first-order valence-corrected chi connectivity index (χ1v) is 22.3. The number of piperidine rings is 1. The van der Waals surface area contributed by atoms with Crippen molar-refractivity contribution >= 4 is 58.5 Å². The summed E-state index contributed by atoms with van der Waals surface area (Å²) in [5.41, 5.74) is 4.25. The molecule has 19 heteroatoms. The molecule has 4 aliphatic heterocycles. The lowest BCUT2D eigenvalue weighted by Gasteiger charge is -2.37. The molecule has 1 aromatic carbocycles. The second kappa shape index (κ2) is 18.1. The van der Waals surface area contributed by atoms with Crippen LogP contribution < -0.4 is 25.8 Å². The molecular weight excluding hydrogens is 819 g/mol. The van der Waals surface area contributed by atoms with Crippen LogP contribution in [0.3, 0.4) is 0 Å². The van der Waals surface area contributed by atoms with E-state index in [1.54, 1.807) is 36.2 Å². The maximum absolute atomic E-state index is 13.6. The zero-order chi connectivity index (χ0) is 44.5. The van der Waals surface area contributed by atoms with Gasteiger partial charge in [0, 0.05) is 87.8 Å². The number of aryl methyl sites for hydroxylation is 1. The average molecular weight is 872 g/mol. The number of piperazine rings is 1. The summed E-state index contributed by atoms with van der Waals surface area (Å²) in [6, 6.07) is 8.07. The van der Waals surface area contributed by atoms with Crippen molar-refractivity contribution in [3.8, 4) is 0 Å². The van der Waals surface area contributed by atoms with Crippen molar-refractivity contribution in [2.45, 2.75) is 103 Å². The van der Waals surface area contributed by atoms with Crippen LogP contribution in [0.1, 0.15) is 110 Å². The van der Waals surface area contributed by atoms with Crippen LogP contribution in [0.5, 0.6) is 0 Å². The fourth-order valence-corrected chi connectivity index (χ4v) is 9.61. The van der Waals surface area contributed by atoms with Gasteiger partial charge >= 0.3 is 0 Å². The van der Waals surface area contributed by atoms with Gasteiger partial charge in [-0.3, -0.25) is 48.7 Å². The van der Waals surface area contributed by atoms with E-state index in [2.05, 4.69) is 46.0 Å². The Morgan fingerprint density at radius 1 is 0.891 bits per heavy atom. The van der Waals surface area contributed by atoms with Crippen molar-refractivity contribution < 1.29 is 29.1 Å². The molecule has 5 amide bonds. The molecule has 334 valence electrons. The number of aliphatic hydroxyl groups is 1. The first-order valence-electron chi connectivity index (χ1n) is 22.3. The van der Waals surface area contributed by atoms with Crippen LogP contribution in [-0.4, -0.2) is 119 Å². The summed E-state index contributed by atoms with van der Waals surface area (Å²) in [4.78, 5) is 85.7. The summed E-state index contributed by atoms with van der Waals surface area (Å²) >= 11 is 0. The second-order valence-electron chi connectivity index (χ2n) is 17.2. The number of aliphatic hydroxyl groups excluding tert-OH is 1. The molecule has 4 aromatic rings. The van der Waals surface area contributed by atoms with Crippen molar-refractivity contribution in [2.24, 2.45) is 0 Å². The Morgan fingerprint density at radius 3 is 2.45 bits per heavy atom. The summed E-state index contributed by atoms with van der Waals surface area (Å²) in [6.45, 7) is 8.92. The van der Waals surface area contributed by atoms with Gasteiger partial charge in [0.1, 0.15) is 17.7 Å². The normalized spacial score (nSPS) is 21.3. The molecule has 7 heterocycles. The molecule has 4 N–H and O–H groups in total. The number of hydrogen-bond acceptors (Lipinski definition) is 15. The molecule has 0 bridgehead atoms. The highest BCUT2D eigenvalue weighted by molar-refractivity contribution is 6.25. The van der Waals surface area contributed by atoms with Crippen molar-refractivity contribution in [1.82, 2.24) is 45.1 Å². The van der Waals surface area contributed by atoms with Gasteiger partial charge in [-0.05, 0) is 69.7 Å². The molecule has 5 aliphatic rings. The van der Waals surface area contributed by atoms with Gasteiger partial charge in [0.05, 0.1) is 40.0 Å². The Morgan fingerprint density at radius 2 is 1.70 bits per heavy atom. The number of amides is 5. The van der Waals surface area contributed by atoms with E-state index in [0.29, 0.717) is 41.9 Å². The highest BCUT2D eigenvalue weighted by Gasteiger charge is 2.46. The molecule has 3 fully saturated rings. The van der Waals surface area contributed by atoms with Crippen LogP contribution >= 0.6 is 0 Å². The zero-order valence-electron chi connectivity index (χ0n) is 36.1. The van der Waals surface area contributed by atoms with Crippen LogP contribution in [0.15, 0.2) is 60.3 Å². The number of pyridine rings is 1. The Labute approximate surface area is 370 Å². The maximum atomic E-state index is 13.6. The van der Waals surface area contributed by atoms with E-state index in [4.69, 9.17) is 4.98 Å². The molecule has 2 unspecified atom stereocenters. The third kappa shape index (κ3) is 8.50. The molecule has 2 saturated heterocycles. The Kier molecular flexibility index (Phi) is 12.1. The van der Waals surface area contributed by atoms with Gasteiger partial charge < -0.3 is 20.6 Å². The number of aromatic nitrogens is 6. The number of allylic oxidation sites excluding steroid dienone is 1. The van der Waals surface area contributed by atoms with Gasteiger partial charge in [-0.25, -0.2) is 9.97 Å². The molecule has 64 heavy (non-hydrogen) atoms. The monoisotopic (exact) mass is 871 g/mol. The summed E-state index contributed by atoms with van der Waals surface area (Å²) in [6.07, 6.45) is 12.4. The van der Waals surface area contributed by atoms with Gasteiger partial charge in [0.15, 0.2) is 0 Å². The van der Waals surface area contributed by atoms with E-state index in [9.17, 15) is 29.1 Å². The quantitative estimate of drug-likeness (QED) is 0.0595. The van der Waals surface area contributed by atoms with E-state index in [-0.39, 0.29) is 47.6 Å². The highest BCUT2D eigenvalue weighted by Crippen LogP contribution is 2.42. The number of anilines is 5. The second-order valence-corrected chi connectivity index (χ2v) is 17.2. The fourth-order valence-electron chi connectivity index (χ4n) is 9.61. The van der Waals surface area contributed by atoms with Crippen LogP contribution in [0.4, 0.5) is 29.0 Å². The predicted octanol–water partition coefficient (Wildman–Crippen LogP) is 4.44. The molecule has 19 nitrogen and oxygen atoms in total. The largest absolute Gasteiger partial charge is 0.512 e. The van der Waals surface area contributed by atoms with Crippen LogP contribution in [-0.2, 0) is 27.5 Å². The number of rotatable bonds is 14. The van der Waals surface area contributed by atoms with E-state index < -0.39 is 29.7 Å². The Balaban J connectivity index is 0.708. The van der Waals surface area contributed by atoms with Gasteiger partial charge in [-0.1, -0.05) is 31.0 Å². The van der Waals surface area contributed by atoms with Crippen molar-refractivity contribution in [1.29, 1.82) is 0 Å². The molecule has 0 spiro atoms. The molecule has 9 rings (SSSR count). The number of benzene rings is 1. The summed E-state index contributed by atoms with van der Waals surface area (Å²) in [5.74, 6) is -0.963. The number of nitrogens with zero attached hydrogens (tertiary/aromatic N) is 10. The third-order valence-corrected chi connectivity index (χ3v) is 13.0. The van der Waals surface area contributed by atoms with Crippen molar-refractivity contribution in [3.05, 3.63) is 82.6 Å². The van der Waals surface area contributed by atoms with Crippen LogP contribution in [0.2, 0.25) is 0 Å². The Hall–Kier alpha value is -6.76. The zero-order valence-corrected chi connectivity index (χ0v) is 36.1. The fraction of sp³-hybridized carbons (Fsp3) is 0.467. The lowest BCUT2D eigenvalue weighted by atomic mass is 9.87. The van der Waals surface area contributed by atoms with Gasteiger partial charge in [0.25, 0.3) is 17.7 Å². The van der Waals surface area contributed by atoms with Crippen molar-refractivity contribution in [2.75, 3.05) is 53.2 Å². The number of fused-ring (bicyclic) bond motifs is 2. The number of imide groups is 2. The number of unbranched alkanes of at least 4 members (excludes halogenated alkanes) is 2. The van der Waals surface area contributed by atoms with E-state index in [1.807, 2.05) is 36.1 Å². The number of hydrogen-bond donors (Lipinski definition) is 4. The average Bonchev–Trinajstić information content (AvgIpc) is 4.04. The van der Waals surface area contributed by atoms with Gasteiger partial charge in [0.2, 0.25) is 17.8 Å². The summed E-state index contributed by atoms with van der Waals surface area (Å²) in [7, 11) is 0. The summed E-state index contributed by atoms with van der Waals surface area (Å²) in [5, 5.41) is 28.0. The lowest BCUT2D eigenvalue weighted by Crippen LogP contribution is -2.54. The van der Waals surface area contributed by atoms with Gasteiger partial charge in [-0.2, -0.15) is 4.98 Å². The predicted molar refractivity (Wildman–Crippen MR) is 236 cm³/mol. The SMILES string of the molecule is CC(O)=C1C(=O)N(C2CCCC2)c2nc(Nc3ccc(N4CCN(Cc5cn(CCCCCNc6cccc7c6C(=O)N(C6CCC(=O)NC6=O)C7=O)nn5)CC4)cn3)ncc2C1C. The van der Waals surface area contributed by atoms with Crippen molar-refractivity contribution in [3.63, 3.8) is 0 Å². The van der Waals surface area contributed by atoms with E-state index in [1.165, 1.54) is 0 Å². The summed E-state index contributed by atoms with van der Waals surface area (Å²) < 4.78 is 1.88. The smallest absolute Gasteiger partial charge is 0.264 e. The van der Waals surface area contributed by atoms with E-state index >= 15 is 0 Å². The molecule has 2 atom stereocenters. The van der Waals surface area contributed by atoms with Crippen LogP contribution in [0, 0.1) is 0 Å². The highest BCUT2D eigenvalue weighted by atomic mass is 16.3. The minimum Gasteiger partial charge on any atom is -0.512 e. The molecule has 1 saturated carbocycles. The first-order chi connectivity index (χ1) is 31.0.